The lowest BCUT2D eigenvalue weighted by Crippen LogP contribution is -2.51. The number of aromatic nitrogens is 1. The summed E-state index contributed by atoms with van der Waals surface area (Å²) in [7, 11) is 0. The van der Waals surface area contributed by atoms with Crippen molar-refractivity contribution in [3.05, 3.63) is 71.4 Å². The van der Waals surface area contributed by atoms with Gasteiger partial charge in [-0.2, -0.15) is 0 Å². The Hall–Kier alpha value is -3.08. The molecule has 5 heteroatoms. The predicted octanol–water partition coefficient (Wildman–Crippen LogP) is 2.54. The maximum atomic E-state index is 12.8. The number of aryl methyl sites for hydroxylation is 1. The van der Waals surface area contributed by atoms with Gasteiger partial charge in [-0.15, -0.1) is 0 Å². The van der Waals surface area contributed by atoms with Crippen molar-refractivity contribution >= 4 is 22.7 Å². The molecule has 0 aliphatic carbocycles. The van der Waals surface area contributed by atoms with Gasteiger partial charge in [-0.3, -0.25) is 9.59 Å². The van der Waals surface area contributed by atoms with E-state index in [0.717, 1.165) is 27.6 Å². The number of nitrogens with one attached hydrogen (secondary N) is 1. The number of carbonyl (C=O) groups excluding carboxylic acids is 2. The summed E-state index contributed by atoms with van der Waals surface area (Å²) in [5, 5.41) is 1.14. The van der Waals surface area contributed by atoms with E-state index in [1.807, 2.05) is 48.7 Å². The van der Waals surface area contributed by atoms with Crippen LogP contribution in [0.15, 0.2) is 54.7 Å². The van der Waals surface area contributed by atoms with Gasteiger partial charge in [-0.05, 0) is 46.7 Å². The van der Waals surface area contributed by atoms with Crippen molar-refractivity contribution in [1.82, 2.24) is 9.88 Å². The second-order valence-electron chi connectivity index (χ2n) is 6.81. The summed E-state index contributed by atoms with van der Waals surface area (Å²) in [5.74, 6) is -0.473. The highest BCUT2D eigenvalue weighted by molar-refractivity contribution is 5.87. The van der Waals surface area contributed by atoms with Gasteiger partial charge in [-0.25, -0.2) is 0 Å². The van der Waals surface area contributed by atoms with Crippen LogP contribution in [0.4, 0.5) is 0 Å². The molecule has 26 heavy (non-hydrogen) atoms. The van der Waals surface area contributed by atoms with Gasteiger partial charge in [-0.1, -0.05) is 30.3 Å². The molecule has 1 aromatic heterocycles. The number of primary amides is 1. The van der Waals surface area contributed by atoms with Crippen LogP contribution in [-0.2, 0) is 29.0 Å². The first-order valence-corrected chi connectivity index (χ1v) is 8.83. The average Bonchev–Trinajstić information content (AvgIpc) is 3.12. The first-order valence-electron chi connectivity index (χ1n) is 8.83. The summed E-state index contributed by atoms with van der Waals surface area (Å²) in [6, 6.07) is 15.5. The molecule has 3 aromatic rings. The second-order valence-corrected chi connectivity index (χ2v) is 6.81. The third-order valence-electron chi connectivity index (χ3n) is 5.14. The fourth-order valence-corrected chi connectivity index (χ4v) is 3.69. The number of benzene rings is 2. The Balaban J connectivity index is 1.49. The van der Waals surface area contributed by atoms with Gasteiger partial charge in [0, 0.05) is 31.1 Å². The van der Waals surface area contributed by atoms with Crippen LogP contribution in [0.3, 0.4) is 0 Å². The van der Waals surface area contributed by atoms with Crippen molar-refractivity contribution in [2.45, 2.75) is 31.8 Å². The van der Waals surface area contributed by atoms with Gasteiger partial charge >= 0.3 is 0 Å². The topological polar surface area (TPSA) is 79.2 Å². The van der Waals surface area contributed by atoms with Crippen LogP contribution in [0, 0.1) is 0 Å². The minimum atomic E-state index is -0.565. The number of H-pyrrole nitrogens is 1. The van der Waals surface area contributed by atoms with E-state index < -0.39 is 11.9 Å². The van der Waals surface area contributed by atoms with Crippen molar-refractivity contribution < 1.29 is 9.59 Å². The lowest BCUT2D eigenvalue weighted by Gasteiger charge is -2.35. The van der Waals surface area contributed by atoms with Gasteiger partial charge in [0.15, 0.2) is 0 Å². The van der Waals surface area contributed by atoms with E-state index in [9.17, 15) is 9.59 Å². The molecule has 0 saturated heterocycles. The number of rotatable bonds is 4. The van der Waals surface area contributed by atoms with Crippen LogP contribution in [0.2, 0.25) is 0 Å². The zero-order valence-electron chi connectivity index (χ0n) is 14.4. The predicted molar refractivity (Wildman–Crippen MR) is 100 cm³/mol. The summed E-state index contributed by atoms with van der Waals surface area (Å²) in [6.07, 6.45) is 3.40. The van der Waals surface area contributed by atoms with Crippen molar-refractivity contribution in [3.63, 3.8) is 0 Å². The number of hydrogen-bond donors (Lipinski definition) is 2. The Labute approximate surface area is 151 Å². The summed E-state index contributed by atoms with van der Waals surface area (Å²) >= 11 is 0. The third kappa shape index (κ3) is 3.08. The molecule has 0 unspecified atom stereocenters. The molecule has 1 aliphatic rings. The molecule has 2 heterocycles. The molecular formula is C21H21N3O2. The minimum absolute atomic E-state index is 0.0301. The highest BCUT2D eigenvalue weighted by Gasteiger charge is 2.32. The molecule has 0 fully saturated rings. The third-order valence-corrected chi connectivity index (χ3v) is 5.14. The van der Waals surface area contributed by atoms with Gasteiger partial charge < -0.3 is 15.6 Å². The number of carbonyl (C=O) groups is 2. The monoisotopic (exact) mass is 347 g/mol. The number of nitrogens with zero attached hydrogens (tertiary/aromatic N) is 1. The molecule has 0 bridgehead atoms. The average molecular weight is 347 g/mol. The Morgan fingerprint density at radius 1 is 1.12 bits per heavy atom. The van der Waals surface area contributed by atoms with Crippen molar-refractivity contribution in [2.75, 3.05) is 0 Å². The SMILES string of the molecule is NC(=O)[C@@H]1Cc2ccccc2CN1C(=O)CCc1ccc2[nH]ccc2c1. The molecule has 132 valence electrons. The summed E-state index contributed by atoms with van der Waals surface area (Å²) < 4.78 is 0. The number of hydrogen-bond acceptors (Lipinski definition) is 2. The molecule has 0 saturated carbocycles. The molecule has 0 spiro atoms. The number of fused-ring (bicyclic) bond motifs is 2. The van der Waals surface area contributed by atoms with Crippen LogP contribution < -0.4 is 5.73 Å². The highest BCUT2D eigenvalue weighted by atomic mass is 16.2. The molecule has 2 aromatic carbocycles. The quantitative estimate of drug-likeness (QED) is 0.761. The largest absolute Gasteiger partial charge is 0.368 e. The molecule has 3 N–H and O–H groups in total. The zero-order chi connectivity index (χ0) is 18.1. The highest BCUT2D eigenvalue weighted by Crippen LogP contribution is 2.24. The number of nitrogens with two attached hydrogens (primary N) is 1. The molecule has 1 atom stereocenters. The van der Waals surface area contributed by atoms with Gasteiger partial charge in [0.1, 0.15) is 6.04 Å². The minimum Gasteiger partial charge on any atom is -0.368 e. The van der Waals surface area contributed by atoms with Crippen molar-refractivity contribution in [3.8, 4) is 0 Å². The van der Waals surface area contributed by atoms with E-state index in [1.54, 1.807) is 4.90 Å². The standard InChI is InChI=1S/C21H21N3O2/c22-21(26)19-12-15-3-1-2-4-17(15)13-24(19)20(25)8-6-14-5-7-18-16(11-14)9-10-23-18/h1-5,7,9-11,19,23H,6,8,12-13H2,(H2,22,26)/t19-/m0/s1. The van der Waals surface area contributed by atoms with E-state index >= 15 is 0 Å². The summed E-state index contributed by atoms with van der Waals surface area (Å²) in [5.41, 5.74) is 9.95. The first-order chi connectivity index (χ1) is 12.6. The van der Waals surface area contributed by atoms with Crippen LogP contribution in [0.1, 0.15) is 23.1 Å². The van der Waals surface area contributed by atoms with E-state index in [4.69, 9.17) is 5.73 Å². The maximum Gasteiger partial charge on any atom is 0.240 e. The molecule has 5 nitrogen and oxygen atoms in total. The lowest BCUT2D eigenvalue weighted by atomic mass is 9.93. The van der Waals surface area contributed by atoms with Crippen LogP contribution in [-0.4, -0.2) is 27.7 Å². The number of aromatic amines is 1. The fraction of sp³-hybridized carbons (Fsp3) is 0.238. The van der Waals surface area contributed by atoms with Crippen molar-refractivity contribution in [2.24, 2.45) is 5.73 Å². The van der Waals surface area contributed by atoms with Crippen LogP contribution >= 0.6 is 0 Å². The van der Waals surface area contributed by atoms with E-state index in [1.165, 1.54) is 0 Å². The molecular weight excluding hydrogens is 326 g/mol. The van der Waals surface area contributed by atoms with Gasteiger partial charge in [0.25, 0.3) is 0 Å². The Morgan fingerprint density at radius 2 is 1.92 bits per heavy atom. The van der Waals surface area contributed by atoms with E-state index in [-0.39, 0.29) is 5.91 Å². The Morgan fingerprint density at radius 3 is 2.73 bits per heavy atom. The van der Waals surface area contributed by atoms with Crippen LogP contribution in [0.5, 0.6) is 0 Å². The molecule has 2 amide bonds. The maximum absolute atomic E-state index is 12.8. The van der Waals surface area contributed by atoms with Crippen molar-refractivity contribution in [1.29, 1.82) is 0 Å². The van der Waals surface area contributed by atoms with E-state index in [2.05, 4.69) is 11.1 Å². The fourth-order valence-electron chi connectivity index (χ4n) is 3.69. The zero-order valence-corrected chi connectivity index (χ0v) is 14.4. The normalized spacial score (nSPS) is 16.5. The second kappa shape index (κ2) is 6.67. The smallest absolute Gasteiger partial charge is 0.240 e. The molecule has 1 aliphatic heterocycles. The molecule has 0 radical (unpaired) electrons. The lowest BCUT2D eigenvalue weighted by molar-refractivity contribution is -0.140. The first kappa shape index (κ1) is 16.4. The van der Waals surface area contributed by atoms with Gasteiger partial charge in [0.05, 0.1) is 0 Å². The Kier molecular flexibility index (Phi) is 4.21. The number of amides is 2. The van der Waals surface area contributed by atoms with E-state index in [0.29, 0.717) is 25.8 Å². The molecule has 4 rings (SSSR count). The van der Waals surface area contributed by atoms with Gasteiger partial charge in [0.2, 0.25) is 11.8 Å². The summed E-state index contributed by atoms with van der Waals surface area (Å²) in [6.45, 7) is 0.444. The summed E-state index contributed by atoms with van der Waals surface area (Å²) in [4.78, 5) is 29.5. The van der Waals surface area contributed by atoms with Crippen LogP contribution in [0.25, 0.3) is 10.9 Å². The Bertz CT molecular complexity index is 976.